The molecule has 0 aliphatic carbocycles. The number of hydrogen-bond donors (Lipinski definition) is 1. The predicted molar refractivity (Wildman–Crippen MR) is 117 cm³/mol. The average Bonchev–Trinajstić information content (AvgIpc) is 2.75. The van der Waals surface area contributed by atoms with Crippen molar-refractivity contribution in [1.82, 2.24) is 9.13 Å². The van der Waals surface area contributed by atoms with Crippen LogP contribution >= 0.6 is 0 Å². The number of aliphatic hydroxyl groups is 1. The lowest BCUT2D eigenvalue weighted by Gasteiger charge is -2.13. The van der Waals surface area contributed by atoms with Crippen molar-refractivity contribution in [3.8, 4) is 0 Å². The maximum atomic E-state index is 12.5. The second kappa shape index (κ2) is 10.2. The van der Waals surface area contributed by atoms with E-state index >= 15 is 0 Å². The lowest BCUT2D eigenvalue weighted by molar-refractivity contribution is 0.147. The van der Waals surface area contributed by atoms with Gasteiger partial charge in [0.1, 0.15) is 0 Å². The minimum absolute atomic E-state index is 0.257. The Morgan fingerprint density at radius 2 is 1.52 bits per heavy atom. The Morgan fingerprint density at radius 3 is 2.28 bits per heavy atom. The quantitative estimate of drug-likeness (QED) is 0.534. The maximum absolute atomic E-state index is 12.5. The molecule has 0 saturated carbocycles. The van der Waals surface area contributed by atoms with E-state index < -0.39 is 0 Å². The molecule has 0 aliphatic heterocycles. The minimum atomic E-state index is -0.292. The van der Waals surface area contributed by atoms with Crippen molar-refractivity contribution in [3.63, 3.8) is 0 Å². The topological polar surface area (TPSA) is 64.2 Å². The number of fused-ring (bicyclic) bond motifs is 1. The normalized spacial score (nSPS) is 12.3. The summed E-state index contributed by atoms with van der Waals surface area (Å²) in [7, 11) is 1.52. The molecule has 1 N–H and O–H groups in total. The fraction of sp³-hybridized carbons (Fsp3) is 0.417. The summed E-state index contributed by atoms with van der Waals surface area (Å²) >= 11 is 0. The molecule has 3 rings (SSSR count). The molecule has 5 heteroatoms. The summed E-state index contributed by atoms with van der Waals surface area (Å²) in [6.45, 7) is 0.550. The van der Waals surface area contributed by atoms with Gasteiger partial charge in [0.15, 0.2) is 0 Å². The number of aryl methyl sites for hydroxylation is 2. The monoisotopic (exact) mass is 394 g/mol. The largest absolute Gasteiger partial charge is 0.393 e. The SMILES string of the molecule is Cn1c(=O)c2ccccc2n(CCCCC(O)CCCCc2ccccc2)c1=O. The molecule has 29 heavy (non-hydrogen) atoms. The first kappa shape index (κ1) is 21.1. The predicted octanol–water partition coefficient (Wildman–Crippen LogP) is 3.64. The second-order valence-electron chi connectivity index (χ2n) is 7.70. The van der Waals surface area contributed by atoms with E-state index in [0.29, 0.717) is 17.4 Å². The van der Waals surface area contributed by atoms with Crippen LogP contribution in [0, 0.1) is 0 Å². The van der Waals surface area contributed by atoms with E-state index in [1.54, 1.807) is 10.6 Å². The zero-order valence-electron chi connectivity index (χ0n) is 17.1. The van der Waals surface area contributed by atoms with Gasteiger partial charge in [-0.25, -0.2) is 4.79 Å². The van der Waals surface area contributed by atoms with Gasteiger partial charge in [0.2, 0.25) is 0 Å². The van der Waals surface area contributed by atoms with Gasteiger partial charge in [-0.15, -0.1) is 0 Å². The van der Waals surface area contributed by atoms with Crippen molar-refractivity contribution in [3.05, 3.63) is 81.0 Å². The van der Waals surface area contributed by atoms with Gasteiger partial charge in [0, 0.05) is 13.6 Å². The Bertz CT molecular complexity index is 1040. The third kappa shape index (κ3) is 5.45. The Labute approximate surface area is 171 Å². The van der Waals surface area contributed by atoms with Crippen LogP contribution < -0.4 is 11.2 Å². The molecule has 1 heterocycles. The molecular formula is C24H30N2O3. The molecule has 0 fully saturated rings. The molecule has 0 bridgehead atoms. The Hall–Kier alpha value is -2.66. The highest BCUT2D eigenvalue weighted by Crippen LogP contribution is 2.13. The third-order valence-electron chi connectivity index (χ3n) is 5.51. The van der Waals surface area contributed by atoms with Crippen molar-refractivity contribution in [2.24, 2.45) is 7.05 Å². The summed E-state index contributed by atoms with van der Waals surface area (Å²) in [6, 6.07) is 17.7. The summed E-state index contributed by atoms with van der Waals surface area (Å²) in [5, 5.41) is 10.8. The molecule has 0 amide bonds. The molecule has 3 aromatic rings. The molecule has 5 nitrogen and oxygen atoms in total. The molecule has 1 atom stereocenters. The molecular weight excluding hydrogens is 364 g/mol. The van der Waals surface area contributed by atoms with Gasteiger partial charge in [-0.05, 0) is 56.2 Å². The number of hydrogen-bond acceptors (Lipinski definition) is 3. The van der Waals surface area contributed by atoms with E-state index in [0.717, 1.165) is 44.9 Å². The number of para-hydroxylation sites is 1. The molecule has 154 valence electrons. The highest BCUT2D eigenvalue weighted by Gasteiger charge is 2.10. The summed E-state index contributed by atoms with van der Waals surface area (Å²) in [5.41, 5.74) is 1.49. The zero-order valence-corrected chi connectivity index (χ0v) is 17.1. The first-order valence-electron chi connectivity index (χ1n) is 10.5. The van der Waals surface area contributed by atoms with Crippen LogP contribution in [0.15, 0.2) is 64.2 Å². The fourth-order valence-electron chi connectivity index (χ4n) is 3.81. The summed E-state index contributed by atoms with van der Waals surface area (Å²) in [4.78, 5) is 24.8. The molecule has 0 aliphatic rings. The lowest BCUT2D eigenvalue weighted by atomic mass is 10.0. The van der Waals surface area contributed by atoms with Gasteiger partial charge < -0.3 is 5.11 Å². The summed E-state index contributed by atoms with van der Waals surface area (Å²) < 4.78 is 2.84. The highest BCUT2D eigenvalue weighted by atomic mass is 16.3. The Kier molecular flexibility index (Phi) is 7.42. The van der Waals surface area contributed by atoms with Crippen LogP contribution in [0.1, 0.15) is 44.1 Å². The third-order valence-corrected chi connectivity index (χ3v) is 5.51. The molecule has 0 saturated heterocycles. The maximum Gasteiger partial charge on any atom is 0.331 e. The fourth-order valence-corrected chi connectivity index (χ4v) is 3.81. The zero-order chi connectivity index (χ0) is 20.6. The van der Waals surface area contributed by atoms with Gasteiger partial charge >= 0.3 is 5.69 Å². The van der Waals surface area contributed by atoms with Gasteiger partial charge in [-0.3, -0.25) is 13.9 Å². The van der Waals surface area contributed by atoms with E-state index in [1.807, 2.05) is 24.3 Å². The number of nitrogens with zero attached hydrogens (tertiary/aromatic N) is 2. The summed E-state index contributed by atoms with van der Waals surface area (Å²) in [6.07, 6.45) is 6.06. The van der Waals surface area contributed by atoms with E-state index in [9.17, 15) is 14.7 Å². The van der Waals surface area contributed by atoms with Crippen molar-refractivity contribution < 1.29 is 5.11 Å². The number of aliphatic hydroxyl groups excluding tert-OH is 1. The van der Waals surface area contributed by atoms with E-state index in [4.69, 9.17) is 0 Å². The first-order chi connectivity index (χ1) is 14.1. The van der Waals surface area contributed by atoms with E-state index in [-0.39, 0.29) is 17.4 Å². The van der Waals surface area contributed by atoms with Crippen molar-refractivity contribution in [2.75, 3.05) is 0 Å². The van der Waals surface area contributed by atoms with Crippen molar-refractivity contribution >= 4 is 10.9 Å². The number of benzene rings is 2. The first-order valence-corrected chi connectivity index (χ1v) is 10.5. The minimum Gasteiger partial charge on any atom is -0.393 e. The van der Waals surface area contributed by atoms with E-state index in [2.05, 4.69) is 24.3 Å². The number of unbranched alkanes of at least 4 members (excludes halogenated alkanes) is 2. The van der Waals surface area contributed by atoms with Gasteiger partial charge in [0.05, 0.1) is 17.0 Å². The van der Waals surface area contributed by atoms with Crippen LogP contribution in [0.25, 0.3) is 10.9 Å². The van der Waals surface area contributed by atoms with Gasteiger partial charge in [-0.2, -0.15) is 0 Å². The molecule has 2 aromatic carbocycles. The number of aromatic nitrogens is 2. The molecule has 1 aromatic heterocycles. The van der Waals surface area contributed by atoms with Gasteiger partial charge in [-0.1, -0.05) is 48.9 Å². The van der Waals surface area contributed by atoms with Crippen molar-refractivity contribution in [1.29, 1.82) is 0 Å². The van der Waals surface area contributed by atoms with Crippen LogP contribution in [0.4, 0.5) is 0 Å². The van der Waals surface area contributed by atoms with E-state index in [1.165, 1.54) is 17.2 Å². The molecule has 1 unspecified atom stereocenters. The molecule has 0 spiro atoms. The van der Waals surface area contributed by atoms with Crippen molar-refractivity contribution in [2.45, 2.75) is 57.6 Å². The van der Waals surface area contributed by atoms with Crippen LogP contribution in [0.5, 0.6) is 0 Å². The van der Waals surface area contributed by atoms with Gasteiger partial charge in [0.25, 0.3) is 5.56 Å². The number of rotatable bonds is 10. The van der Waals surface area contributed by atoms with Crippen LogP contribution in [0.3, 0.4) is 0 Å². The summed E-state index contributed by atoms with van der Waals surface area (Å²) in [5.74, 6) is 0. The van der Waals surface area contributed by atoms with Crippen LogP contribution in [0.2, 0.25) is 0 Å². The average molecular weight is 395 g/mol. The Morgan fingerprint density at radius 1 is 0.862 bits per heavy atom. The lowest BCUT2D eigenvalue weighted by Crippen LogP contribution is -2.38. The Balaban J connectivity index is 1.45. The van der Waals surface area contributed by atoms with Crippen LogP contribution in [-0.2, 0) is 20.0 Å². The van der Waals surface area contributed by atoms with Crippen LogP contribution in [-0.4, -0.2) is 20.3 Å². The second-order valence-corrected chi connectivity index (χ2v) is 7.70. The highest BCUT2D eigenvalue weighted by molar-refractivity contribution is 5.77. The smallest absolute Gasteiger partial charge is 0.331 e. The molecule has 0 radical (unpaired) electrons. The standard InChI is InChI=1S/C24H30N2O3/c1-25-23(28)21-16-7-8-17-22(21)26(24(25)29)18-10-9-15-20(27)14-6-5-13-19-11-3-2-4-12-19/h2-4,7-8,11-12,16-17,20,27H,5-6,9-10,13-15,18H2,1H3.